The van der Waals surface area contributed by atoms with E-state index in [0.717, 1.165) is 4.57 Å². The molecular formula is C13H19N5O2S. The number of anilines is 2. The predicted molar refractivity (Wildman–Crippen MR) is 85.8 cm³/mol. The minimum atomic E-state index is -0.426. The number of hydrogen-bond acceptors (Lipinski definition) is 6. The molecule has 114 valence electrons. The van der Waals surface area contributed by atoms with Crippen LogP contribution in [0.5, 0.6) is 0 Å². The molecule has 2 aromatic rings. The van der Waals surface area contributed by atoms with Crippen LogP contribution in [0.4, 0.5) is 10.9 Å². The van der Waals surface area contributed by atoms with E-state index in [2.05, 4.69) is 10.3 Å². The number of aromatic nitrogens is 3. The number of rotatable bonds is 4. The van der Waals surface area contributed by atoms with E-state index in [0.29, 0.717) is 17.4 Å². The summed E-state index contributed by atoms with van der Waals surface area (Å²) in [6.07, 6.45) is 0. The summed E-state index contributed by atoms with van der Waals surface area (Å²) in [5.74, 6) is 0.406. The highest BCUT2D eigenvalue weighted by molar-refractivity contribution is 7.14. The average molecular weight is 309 g/mol. The van der Waals surface area contributed by atoms with Gasteiger partial charge >= 0.3 is 5.69 Å². The van der Waals surface area contributed by atoms with Crippen molar-refractivity contribution in [2.45, 2.75) is 20.4 Å². The predicted octanol–water partition coefficient (Wildman–Crippen LogP) is 0.950. The summed E-state index contributed by atoms with van der Waals surface area (Å²) in [6, 6.07) is 0. The first kappa shape index (κ1) is 15.3. The standard InChI is InChI=1S/C13H19N5O2S/c1-7(2)5-18-10(14)9(11(19)17(4)13(18)20)8-6-21-12(15-3)16-8/h6-7H,5,14H2,1-4H3,(H,15,16). The van der Waals surface area contributed by atoms with Crippen molar-refractivity contribution in [3.63, 3.8) is 0 Å². The molecule has 0 aliphatic rings. The summed E-state index contributed by atoms with van der Waals surface area (Å²) in [5.41, 5.74) is 6.01. The minimum Gasteiger partial charge on any atom is -0.384 e. The SMILES string of the molecule is CNc1nc(-c2c(N)n(CC(C)C)c(=O)n(C)c2=O)cs1. The first-order chi connectivity index (χ1) is 9.86. The van der Waals surface area contributed by atoms with E-state index in [1.165, 1.54) is 23.0 Å². The van der Waals surface area contributed by atoms with Gasteiger partial charge in [0, 0.05) is 26.0 Å². The van der Waals surface area contributed by atoms with Crippen molar-refractivity contribution in [1.82, 2.24) is 14.1 Å². The highest BCUT2D eigenvalue weighted by Crippen LogP contribution is 2.25. The number of nitrogens with one attached hydrogen (secondary N) is 1. The molecule has 2 heterocycles. The lowest BCUT2D eigenvalue weighted by atomic mass is 10.2. The van der Waals surface area contributed by atoms with Gasteiger partial charge in [0.05, 0.1) is 5.69 Å². The lowest BCUT2D eigenvalue weighted by Gasteiger charge is -2.15. The fraction of sp³-hybridized carbons (Fsp3) is 0.462. The Morgan fingerprint density at radius 3 is 2.62 bits per heavy atom. The van der Waals surface area contributed by atoms with Crippen LogP contribution in [0.15, 0.2) is 15.0 Å². The first-order valence-electron chi connectivity index (χ1n) is 6.59. The van der Waals surface area contributed by atoms with Gasteiger partial charge in [-0.15, -0.1) is 11.3 Å². The molecule has 0 saturated heterocycles. The largest absolute Gasteiger partial charge is 0.384 e. The summed E-state index contributed by atoms with van der Waals surface area (Å²) in [7, 11) is 3.21. The molecule has 0 atom stereocenters. The molecule has 0 aliphatic heterocycles. The number of hydrogen-bond donors (Lipinski definition) is 2. The number of nitrogen functional groups attached to an aromatic ring is 1. The molecule has 0 fully saturated rings. The van der Waals surface area contributed by atoms with Crippen molar-refractivity contribution in [1.29, 1.82) is 0 Å². The molecule has 21 heavy (non-hydrogen) atoms. The smallest absolute Gasteiger partial charge is 0.332 e. The Balaban J connectivity index is 2.74. The van der Waals surface area contributed by atoms with E-state index in [-0.39, 0.29) is 17.3 Å². The molecule has 2 rings (SSSR count). The number of nitrogens with zero attached hydrogens (tertiary/aromatic N) is 3. The molecule has 3 N–H and O–H groups in total. The molecule has 7 nitrogen and oxygen atoms in total. The Hall–Kier alpha value is -2.09. The van der Waals surface area contributed by atoms with Crippen molar-refractivity contribution >= 4 is 22.3 Å². The van der Waals surface area contributed by atoms with E-state index >= 15 is 0 Å². The molecule has 8 heteroatoms. The maximum atomic E-state index is 12.4. The Bertz CT molecular complexity index is 772. The number of nitrogens with two attached hydrogens (primary N) is 1. The van der Waals surface area contributed by atoms with E-state index < -0.39 is 11.2 Å². The third-order valence-electron chi connectivity index (χ3n) is 3.11. The Labute approximate surface area is 126 Å². The second kappa shape index (κ2) is 5.72. The van der Waals surface area contributed by atoms with Gasteiger partial charge in [0.25, 0.3) is 5.56 Å². The molecule has 2 aromatic heterocycles. The van der Waals surface area contributed by atoms with Crippen LogP contribution in [0.3, 0.4) is 0 Å². The second-order valence-electron chi connectivity index (χ2n) is 5.20. The Morgan fingerprint density at radius 1 is 1.43 bits per heavy atom. The molecule has 0 aromatic carbocycles. The third kappa shape index (κ3) is 2.71. The highest BCUT2D eigenvalue weighted by atomic mass is 32.1. The molecule has 0 bridgehead atoms. The summed E-state index contributed by atoms with van der Waals surface area (Å²) >= 11 is 1.38. The maximum Gasteiger partial charge on any atom is 0.332 e. The Kier molecular flexibility index (Phi) is 4.17. The first-order valence-corrected chi connectivity index (χ1v) is 7.47. The van der Waals surface area contributed by atoms with Crippen molar-refractivity contribution in [2.24, 2.45) is 13.0 Å². The summed E-state index contributed by atoms with van der Waals surface area (Å²) in [4.78, 5) is 28.9. The van der Waals surface area contributed by atoms with E-state index in [1.807, 2.05) is 13.8 Å². The zero-order valence-corrected chi connectivity index (χ0v) is 13.3. The molecule has 0 spiro atoms. The van der Waals surface area contributed by atoms with Gasteiger partial charge in [-0.25, -0.2) is 9.78 Å². The van der Waals surface area contributed by atoms with Crippen LogP contribution in [0.1, 0.15) is 13.8 Å². The average Bonchev–Trinajstić information content (AvgIpc) is 2.90. The third-order valence-corrected chi connectivity index (χ3v) is 3.96. The van der Waals surface area contributed by atoms with E-state index in [4.69, 9.17) is 5.73 Å². The van der Waals surface area contributed by atoms with Crippen molar-refractivity contribution < 1.29 is 0 Å². The van der Waals surface area contributed by atoms with Gasteiger partial charge in [-0.05, 0) is 5.92 Å². The van der Waals surface area contributed by atoms with Crippen molar-refractivity contribution in [2.75, 3.05) is 18.1 Å². The van der Waals surface area contributed by atoms with Gasteiger partial charge in [0.15, 0.2) is 5.13 Å². The highest BCUT2D eigenvalue weighted by Gasteiger charge is 2.19. The molecule has 0 radical (unpaired) electrons. The van der Waals surface area contributed by atoms with Gasteiger partial charge < -0.3 is 11.1 Å². The summed E-state index contributed by atoms with van der Waals surface area (Å²) < 4.78 is 2.51. The van der Waals surface area contributed by atoms with E-state index in [1.54, 1.807) is 12.4 Å². The summed E-state index contributed by atoms with van der Waals surface area (Å²) in [5, 5.41) is 5.36. The lowest BCUT2D eigenvalue weighted by molar-refractivity contribution is 0.494. The van der Waals surface area contributed by atoms with Crippen LogP contribution >= 0.6 is 11.3 Å². The van der Waals surface area contributed by atoms with Gasteiger partial charge in [-0.2, -0.15) is 0 Å². The van der Waals surface area contributed by atoms with Gasteiger partial charge in [0.2, 0.25) is 0 Å². The zero-order valence-electron chi connectivity index (χ0n) is 12.5. The summed E-state index contributed by atoms with van der Waals surface area (Å²) in [6.45, 7) is 4.42. The quantitative estimate of drug-likeness (QED) is 0.877. The van der Waals surface area contributed by atoms with Crippen LogP contribution in [-0.2, 0) is 13.6 Å². The van der Waals surface area contributed by atoms with Gasteiger partial charge in [-0.3, -0.25) is 13.9 Å². The minimum absolute atomic E-state index is 0.171. The van der Waals surface area contributed by atoms with Gasteiger partial charge in [0.1, 0.15) is 11.4 Å². The number of thiazole rings is 1. The van der Waals surface area contributed by atoms with E-state index in [9.17, 15) is 9.59 Å². The molecule has 0 amide bonds. The van der Waals surface area contributed by atoms with Crippen LogP contribution in [0.25, 0.3) is 11.3 Å². The molecule has 0 aliphatic carbocycles. The topological polar surface area (TPSA) is 94.9 Å². The van der Waals surface area contributed by atoms with Crippen LogP contribution in [0, 0.1) is 5.92 Å². The zero-order chi connectivity index (χ0) is 15.7. The van der Waals surface area contributed by atoms with Crippen LogP contribution in [0.2, 0.25) is 0 Å². The van der Waals surface area contributed by atoms with Gasteiger partial charge in [-0.1, -0.05) is 13.8 Å². The van der Waals surface area contributed by atoms with Crippen molar-refractivity contribution in [3.8, 4) is 11.3 Å². The fourth-order valence-electron chi connectivity index (χ4n) is 2.07. The van der Waals surface area contributed by atoms with Crippen molar-refractivity contribution in [3.05, 3.63) is 26.2 Å². The second-order valence-corrected chi connectivity index (χ2v) is 6.06. The normalized spacial score (nSPS) is 11.1. The monoisotopic (exact) mass is 309 g/mol. The lowest BCUT2D eigenvalue weighted by Crippen LogP contribution is -2.41. The molecule has 0 unspecified atom stereocenters. The fourth-order valence-corrected chi connectivity index (χ4v) is 2.73. The van der Waals surface area contributed by atoms with Crippen LogP contribution in [-0.4, -0.2) is 21.2 Å². The Morgan fingerprint density at radius 2 is 2.10 bits per heavy atom. The molecular weight excluding hydrogens is 290 g/mol. The molecule has 0 saturated carbocycles. The maximum absolute atomic E-state index is 12.4. The van der Waals surface area contributed by atoms with Crippen LogP contribution < -0.4 is 22.3 Å².